The molecule has 3 aromatic rings. The Balaban J connectivity index is 2.02. The average Bonchev–Trinajstić information content (AvgIpc) is 3.11. The van der Waals surface area contributed by atoms with Crippen molar-refractivity contribution in [2.75, 3.05) is 0 Å². The van der Waals surface area contributed by atoms with Crippen molar-refractivity contribution in [1.82, 2.24) is 0 Å². The van der Waals surface area contributed by atoms with Crippen molar-refractivity contribution in [3.63, 3.8) is 0 Å². The van der Waals surface area contributed by atoms with Crippen molar-refractivity contribution in [3.8, 4) is 0 Å². The summed E-state index contributed by atoms with van der Waals surface area (Å²) in [6, 6.07) is 22.0. The summed E-state index contributed by atoms with van der Waals surface area (Å²) in [5.74, 6) is 0.415. The summed E-state index contributed by atoms with van der Waals surface area (Å²) < 4.78 is 18.3. The van der Waals surface area contributed by atoms with Gasteiger partial charge in [0.25, 0.3) is 0 Å². The van der Waals surface area contributed by atoms with Crippen LogP contribution in [0.3, 0.4) is 0 Å². The van der Waals surface area contributed by atoms with Gasteiger partial charge in [0.05, 0.1) is 22.3 Å². The van der Waals surface area contributed by atoms with Crippen LogP contribution in [-0.2, 0) is 10.8 Å². The van der Waals surface area contributed by atoms with Crippen molar-refractivity contribution in [1.29, 1.82) is 0 Å². The number of aliphatic hydroxyl groups is 1. The van der Waals surface area contributed by atoms with E-state index >= 15 is 0 Å². The fraction of sp³-hybridized carbons (Fsp3) is 0.111. The van der Waals surface area contributed by atoms with Crippen molar-refractivity contribution in [3.05, 3.63) is 90.4 Å². The number of aliphatic hydroxyl groups excluding tert-OH is 1. The topological polar surface area (TPSA) is 50.4 Å². The molecule has 0 amide bonds. The molecule has 4 heteroatoms. The van der Waals surface area contributed by atoms with Crippen LogP contribution in [0.4, 0.5) is 0 Å². The summed E-state index contributed by atoms with van der Waals surface area (Å²) in [4.78, 5) is 0.682. The van der Waals surface area contributed by atoms with Gasteiger partial charge < -0.3 is 9.52 Å². The number of rotatable bonds is 5. The van der Waals surface area contributed by atoms with Crippen LogP contribution in [0.1, 0.15) is 22.7 Å². The quantitative estimate of drug-likeness (QED) is 0.778. The molecule has 22 heavy (non-hydrogen) atoms. The first-order valence-corrected chi connectivity index (χ1v) is 8.20. The first kappa shape index (κ1) is 14.8. The van der Waals surface area contributed by atoms with E-state index in [1.165, 1.54) is 6.26 Å². The molecule has 0 fully saturated rings. The summed E-state index contributed by atoms with van der Waals surface area (Å²) in [6.07, 6.45) is 0.532. The van der Waals surface area contributed by atoms with E-state index in [0.29, 0.717) is 10.7 Å². The Bertz CT molecular complexity index is 724. The molecule has 0 aliphatic heterocycles. The predicted octanol–water partition coefficient (Wildman–Crippen LogP) is 3.86. The van der Waals surface area contributed by atoms with Crippen LogP contribution in [0, 0.1) is 0 Å². The molecule has 0 radical (unpaired) electrons. The highest BCUT2D eigenvalue weighted by Gasteiger charge is 2.31. The van der Waals surface area contributed by atoms with E-state index in [2.05, 4.69) is 0 Å². The van der Waals surface area contributed by atoms with Gasteiger partial charge in [0, 0.05) is 4.90 Å². The van der Waals surface area contributed by atoms with Gasteiger partial charge in [-0.1, -0.05) is 48.5 Å². The Kier molecular flexibility index (Phi) is 4.51. The van der Waals surface area contributed by atoms with Gasteiger partial charge >= 0.3 is 0 Å². The summed E-state index contributed by atoms with van der Waals surface area (Å²) in [5, 5.41) is 10.1. The van der Waals surface area contributed by atoms with Crippen LogP contribution in [0.15, 0.2) is 88.4 Å². The van der Waals surface area contributed by atoms with Crippen LogP contribution in [0.2, 0.25) is 0 Å². The molecule has 1 aromatic heterocycles. The van der Waals surface area contributed by atoms with E-state index in [1.54, 1.807) is 24.3 Å². The van der Waals surface area contributed by atoms with Crippen LogP contribution in [0.5, 0.6) is 0 Å². The molecule has 0 bridgehead atoms. The Labute approximate surface area is 131 Å². The predicted molar refractivity (Wildman–Crippen MR) is 85.7 cm³/mol. The maximum absolute atomic E-state index is 13.0. The molecule has 2 aromatic carbocycles. The average molecular weight is 312 g/mol. The third kappa shape index (κ3) is 3.03. The van der Waals surface area contributed by atoms with E-state index in [0.717, 1.165) is 5.56 Å². The Hall–Kier alpha value is -2.17. The Morgan fingerprint density at radius 3 is 2.09 bits per heavy atom. The number of hydrogen-bond donors (Lipinski definition) is 1. The van der Waals surface area contributed by atoms with Crippen LogP contribution < -0.4 is 0 Å². The van der Waals surface area contributed by atoms with Gasteiger partial charge in [-0.2, -0.15) is 0 Å². The maximum atomic E-state index is 13.0. The highest BCUT2D eigenvalue weighted by atomic mass is 32.2. The van der Waals surface area contributed by atoms with E-state index < -0.39 is 22.2 Å². The molecule has 0 aliphatic carbocycles. The van der Waals surface area contributed by atoms with Crippen molar-refractivity contribution >= 4 is 10.8 Å². The third-order valence-corrected chi connectivity index (χ3v) is 5.18. The monoisotopic (exact) mass is 312 g/mol. The summed E-state index contributed by atoms with van der Waals surface area (Å²) in [7, 11) is -1.40. The zero-order chi connectivity index (χ0) is 15.4. The minimum Gasteiger partial charge on any atom is -0.467 e. The lowest BCUT2D eigenvalue weighted by molar-refractivity contribution is 0.145. The first-order valence-electron chi connectivity index (χ1n) is 6.99. The lowest BCUT2D eigenvalue weighted by atomic mass is 10.1. The second-order valence-electron chi connectivity index (χ2n) is 4.90. The van der Waals surface area contributed by atoms with Gasteiger partial charge in [0.2, 0.25) is 0 Å². The summed E-state index contributed by atoms with van der Waals surface area (Å²) >= 11 is 0. The Morgan fingerprint density at radius 2 is 1.50 bits per heavy atom. The van der Waals surface area contributed by atoms with Gasteiger partial charge in [-0.15, -0.1) is 0 Å². The second kappa shape index (κ2) is 6.73. The van der Waals surface area contributed by atoms with E-state index in [1.807, 2.05) is 48.5 Å². The smallest absolute Gasteiger partial charge is 0.133 e. The van der Waals surface area contributed by atoms with Gasteiger partial charge in [0.1, 0.15) is 11.9 Å². The number of benzene rings is 2. The largest absolute Gasteiger partial charge is 0.467 e. The van der Waals surface area contributed by atoms with Crippen LogP contribution in [0.25, 0.3) is 0 Å². The zero-order valence-corrected chi connectivity index (χ0v) is 12.6. The highest BCUT2D eigenvalue weighted by molar-refractivity contribution is 7.85. The van der Waals surface area contributed by atoms with E-state index in [9.17, 15) is 9.32 Å². The molecule has 1 N–H and O–H groups in total. The van der Waals surface area contributed by atoms with Gasteiger partial charge in [-0.25, -0.2) is 0 Å². The minimum atomic E-state index is -1.40. The fourth-order valence-corrected chi connectivity index (χ4v) is 3.87. The standard InChI is InChI=1S/C18H16O3S/c19-17(16-12-7-13-21-16)18(14-8-3-1-4-9-14)22(20)15-10-5-2-6-11-15/h1-13,17-19H. The Morgan fingerprint density at radius 1 is 0.864 bits per heavy atom. The van der Waals surface area contributed by atoms with Crippen LogP contribution in [-0.4, -0.2) is 9.32 Å². The van der Waals surface area contributed by atoms with Gasteiger partial charge in [-0.05, 0) is 29.8 Å². The minimum absolute atomic E-state index is 0.415. The molecular formula is C18H16O3S. The molecule has 0 spiro atoms. The van der Waals surface area contributed by atoms with Gasteiger partial charge in [0.15, 0.2) is 0 Å². The lowest BCUT2D eigenvalue weighted by Crippen LogP contribution is -2.16. The molecule has 3 unspecified atom stereocenters. The normalized spacial score (nSPS) is 15.1. The highest BCUT2D eigenvalue weighted by Crippen LogP contribution is 2.36. The van der Waals surface area contributed by atoms with Crippen LogP contribution >= 0.6 is 0 Å². The fourth-order valence-electron chi connectivity index (χ4n) is 2.38. The molecule has 112 valence electrons. The van der Waals surface area contributed by atoms with Crippen molar-refractivity contribution in [2.24, 2.45) is 0 Å². The third-order valence-electron chi connectivity index (χ3n) is 3.46. The number of hydrogen-bond acceptors (Lipinski definition) is 3. The number of furan rings is 1. The van der Waals surface area contributed by atoms with E-state index in [4.69, 9.17) is 4.42 Å². The molecule has 1 heterocycles. The zero-order valence-electron chi connectivity index (χ0n) is 11.8. The molecular weight excluding hydrogens is 296 g/mol. The molecule has 0 saturated carbocycles. The molecule has 0 aliphatic rings. The molecule has 3 atom stereocenters. The SMILES string of the molecule is O=S(c1ccccc1)C(c1ccccc1)C(O)c1ccco1. The maximum Gasteiger partial charge on any atom is 0.133 e. The summed E-state index contributed by atoms with van der Waals surface area (Å²) in [5.41, 5.74) is 0.814. The van der Waals surface area contributed by atoms with E-state index in [-0.39, 0.29) is 0 Å². The van der Waals surface area contributed by atoms with Crippen molar-refractivity contribution < 1.29 is 13.7 Å². The summed E-state index contributed by atoms with van der Waals surface area (Å²) in [6.45, 7) is 0. The van der Waals surface area contributed by atoms with Crippen molar-refractivity contribution in [2.45, 2.75) is 16.2 Å². The first-order chi connectivity index (χ1) is 10.8. The lowest BCUT2D eigenvalue weighted by Gasteiger charge is -2.21. The second-order valence-corrected chi connectivity index (χ2v) is 6.48. The molecule has 3 rings (SSSR count). The molecule has 3 nitrogen and oxygen atoms in total. The van der Waals surface area contributed by atoms with Gasteiger partial charge in [-0.3, -0.25) is 4.21 Å². The molecule has 0 saturated heterocycles.